The number of carbonyl (C=O) groups excluding carboxylic acids is 2. The van der Waals surface area contributed by atoms with E-state index >= 15 is 0 Å². The summed E-state index contributed by atoms with van der Waals surface area (Å²) in [6.07, 6.45) is 0. The third-order valence-electron chi connectivity index (χ3n) is 3.17. The second kappa shape index (κ2) is 8.31. The van der Waals surface area contributed by atoms with E-state index in [1.807, 2.05) is 6.07 Å². The van der Waals surface area contributed by atoms with Gasteiger partial charge in [-0.2, -0.15) is 0 Å². The lowest BCUT2D eigenvalue weighted by Crippen LogP contribution is -2.15. The summed E-state index contributed by atoms with van der Waals surface area (Å²) >= 11 is 12.0. The van der Waals surface area contributed by atoms with Crippen molar-refractivity contribution < 1.29 is 14.3 Å². The predicted octanol–water partition coefficient (Wildman–Crippen LogP) is 5.23. The molecule has 0 amide bonds. The zero-order chi connectivity index (χ0) is 17.8. The normalized spacial score (nSPS) is 10.8. The molecule has 0 atom stereocenters. The molecule has 0 aliphatic heterocycles. The molecule has 0 aliphatic carbocycles. The van der Waals surface area contributed by atoms with Crippen molar-refractivity contribution in [1.82, 2.24) is 4.98 Å². The van der Waals surface area contributed by atoms with E-state index in [1.54, 1.807) is 36.4 Å². The molecule has 3 rings (SSSR count). The lowest BCUT2D eigenvalue weighted by atomic mass is 10.1. The molecular weight excluding hydrogens is 446 g/mol. The molecule has 128 valence electrons. The van der Waals surface area contributed by atoms with Gasteiger partial charge in [0.1, 0.15) is 0 Å². The van der Waals surface area contributed by atoms with Gasteiger partial charge in [-0.1, -0.05) is 51.4 Å². The van der Waals surface area contributed by atoms with Crippen molar-refractivity contribution in [3.8, 4) is 0 Å². The Kier molecular flexibility index (Phi) is 6.11. The Labute approximate surface area is 165 Å². The maximum Gasteiger partial charge on any atom is 0.316 e. The van der Waals surface area contributed by atoms with Crippen molar-refractivity contribution in [3.63, 3.8) is 0 Å². The standard InChI is InChI=1S/C17H11BrClNO3S2/c18-11-3-1-10(2-4-11)14(21)8-23-16(22)9-24-17-20-13-7-12(19)5-6-15(13)25-17/h1-7H,8-9H2. The van der Waals surface area contributed by atoms with Crippen molar-refractivity contribution in [2.24, 2.45) is 0 Å². The minimum atomic E-state index is -0.451. The molecule has 25 heavy (non-hydrogen) atoms. The van der Waals surface area contributed by atoms with Crippen LogP contribution in [-0.4, -0.2) is 29.1 Å². The summed E-state index contributed by atoms with van der Waals surface area (Å²) in [6.45, 7) is -0.267. The minimum absolute atomic E-state index is 0.0984. The molecule has 0 unspecified atom stereocenters. The summed E-state index contributed by atoms with van der Waals surface area (Å²) in [5.74, 6) is -0.588. The lowest BCUT2D eigenvalue weighted by Gasteiger charge is -2.03. The summed E-state index contributed by atoms with van der Waals surface area (Å²) in [4.78, 5) is 28.2. The van der Waals surface area contributed by atoms with E-state index in [-0.39, 0.29) is 18.1 Å². The van der Waals surface area contributed by atoms with Crippen LogP contribution in [0.3, 0.4) is 0 Å². The van der Waals surface area contributed by atoms with Gasteiger partial charge in [-0.05, 0) is 30.3 Å². The number of rotatable bonds is 6. The first kappa shape index (κ1) is 18.4. The number of thiazole rings is 1. The summed E-state index contributed by atoms with van der Waals surface area (Å²) in [5, 5.41) is 0.625. The molecule has 0 radical (unpaired) electrons. The highest BCUT2D eigenvalue weighted by Gasteiger charge is 2.12. The Morgan fingerprint density at radius 3 is 2.72 bits per heavy atom. The fourth-order valence-corrected chi connectivity index (χ4v) is 4.25. The van der Waals surface area contributed by atoms with Crippen molar-refractivity contribution in [2.45, 2.75) is 4.34 Å². The number of ether oxygens (including phenoxy) is 1. The van der Waals surface area contributed by atoms with E-state index < -0.39 is 5.97 Å². The largest absolute Gasteiger partial charge is 0.457 e. The molecule has 0 bridgehead atoms. The summed E-state index contributed by atoms with van der Waals surface area (Å²) in [5.41, 5.74) is 1.31. The molecule has 0 spiro atoms. The quantitative estimate of drug-likeness (QED) is 0.289. The smallest absolute Gasteiger partial charge is 0.316 e. The SMILES string of the molecule is O=C(CSc1nc2cc(Cl)ccc2s1)OCC(=O)c1ccc(Br)cc1. The van der Waals surface area contributed by atoms with E-state index in [9.17, 15) is 9.59 Å². The third kappa shape index (κ3) is 5.04. The summed E-state index contributed by atoms with van der Waals surface area (Å²) in [7, 11) is 0. The molecule has 0 N–H and O–H groups in total. The third-order valence-corrected chi connectivity index (χ3v) is 6.09. The molecule has 1 heterocycles. The second-order valence-corrected chi connectivity index (χ2v) is 8.58. The Hall–Kier alpha value is -1.41. The minimum Gasteiger partial charge on any atom is -0.457 e. The Bertz CT molecular complexity index is 927. The van der Waals surface area contributed by atoms with E-state index in [1.165, 1.54) is 23.1 Å². The van der Waals surface area contributed by atoms with E-state index in [2.05, 4.69) is 20.9 Å². The van der Waals surface area contributed by atoms with E-state index in [4.69, 9.17) is 16.3 Å². The number of benzene rings is 2. The van der Waals surface area contributed by atoms with E-state index in [0.29, 0.717) is 10.6 Å². The highest BCUT2D eigenvalue weighted by Crippen LogP contribution is 2.30. The number of aromatic nitrogens is 1. The van der Waals surface area contributed by atoms with Gasteiger partial charge in [-0.15, -0.1) is 11.3 Å². The van der Waals surface area contributed by atoms with Crippen molar-refractivity contribution in [3.05, 3.63) is 57.5 Å². The van der Waals surface area contributed by atoms with Gasteiger partial charge in [0.05, 0.1) is 16.0 Å². The Morgan fingerprint density at radius 1 is 1.20 bits per heavy atom. The van der Waals surface area contributed by atoms with Crippen LogP contribution in [0.25, 0.3) is 10.2 Å². The molecule has 0 fully saturated rings. The number of hydrogen-bond acceptors (Lipinski definition) is 6. The van der Waals surface area contributed by atoms with Gasteiger partial charge in [0, 0.05) is 15.1 Å². The van der Waals surface area contributed by atoms with Crippen LogP contribution >= 0.6 is 50.6 Å². The van der Waals surface area contributed by atoms with Gasteiger partial charge < -0.3 is 4.74 Å². The molecule has 1 aromatic heterocycles. The lowest BCUT2D eigenvalue weighted by molar-refractivity contribution is -0.139. The van der Waals surface area contributed by atoms with Gasteiger partial charge in [0.25, 0.3) is 0 Å². The number of ketones is 1. The van der Waals surface area contributed by atoms with Crippen LogP contribution in [0, 0.1) is 0 Å². The van der Waals surface area contributed by atoms with Gasteiger partial charge in [0.2, 0.25) is 0 Å². The van der Waals surface area contributed by atoms with E-state index in [0.717, 1.165) is 19.0 Å². The van der Waals surface area contributed by atoms with Crippen LogP contribution in [0.4, 0.5) is 0 Å². The molecular formula is C17H11BrClNO3S2. The first-order valence-corrected chi connectivity index (χ1v) is 10.1. The van der Waals surface area contributed by atoms with Crippen LogP contribution in [0.2, 0.25) is 5.02 Å². The molecule has 8 heteroatoms. The number of Topliss-reactive ketones (excluding diaryl/α,β-unsaturated/α-hetero) is 1. The number of carbonyl (C=O) groups is 2. The topological polar surface area (TPSA) is 56.3 Å². The fourth-order valence-electron chi connectivity index (χ4n) is 1.97. The average molecular weight is 457 g/mol. The zero-order valence-corrected chi connectivity index (χ0v) is 16.7. The molecule has 0 aliphatic rings. The van der Waals surface area contributed by atoms with Gasteiger partial charge in [-0.25, -0.2) is 4.98 Å². The van der Waals surface area contributed by atoms with Gasteiger partial charge in [0.15, 0.2) is 16.7 Å². The zero-order valence-electron chi connectivity index (χ0n) is 12.7. The predicted molar refractivity (Wildman–Crippen MR) is 105 cm³/mol. The first-order valence-electron chi connectivity index (χ1n) is 7.14. The summed E-state index contributed by atoms with van der Waals surface area (Å²) < 4.78 is 7.69. The first-order chi connectivity index (χ1) is 12.0. The monoisotopic (exact) mass is 455 g/mol. The van der Waals surface area contributed by atoms with Crippen molar-refractivity contribution >= 4 is 72.6 Å². The summed E-state index contributed by atoms with van der Waals surface area (Å²) in [6, 6.07) is 12.4. The molecule has 2 aromatic carbocycles. The Balaban J connectivity index is 1.50. The van der Waals surface area contributed by atoms with Crippen molar-refractivity contribution in [2.75, 3.05) is 12.4 Å². The molecule has 4 nitrogen and oxygen atoms in total. The number of nitrogens with zero attached hydrogens (tertiary/aromatic N) is 1. The number of hydrogen-bond donors (Lipinski definition) is 0. The highest BCUT2D eigenvalue weighted by atomic mass is 79.9. The van der Waals surface area contributed by atoms with Crippen LogP contribution in [-0.2, 0) is 9.53 Å². The average Bonchev–Trinajstić information content (AvgIpc) is 3.00. The van der Waals surface area contributed by atoms with Gasteiger partial charge in [-0.3, -0.25) is 9.59 Å². The highest BCUT2D eigenvalue weighted by molar-refractivity contribution is 9.10. The number of thioether (sulfide) groups is 1. The molecule has 0 saturated heterocycles. The molecule has 3 aromatic rings. The number of halogens is 2. The van der Waals surface area contributed by atoms with Crippen LogP contribution in [0.15, 0.2) is 51.3 Å². The van der Waals surface area contributed by atoms with Crippen LogP contribution < -0.4 is 0 Å². The van der Waals surface area contributed by atoms with Crippen LogP contribution in [0.5, 0.6) is 0 Å². The maximum atomic E-state index is 12.0. The van der Waals surface area contributed by atoms with Crippen LogP contribution in [0.1, 0.15) is 10.4 Å². The number of esters is 1. The number of fused-ring (bicyclic) bond motifs is 1. The maximum absolute atomic E-state index is 12.0. The van der Waals surface area contributed by atoms with Gasteiger partial charge >= 0.3 is 5.97 Å². The second-order valence-electron chi connectivity index (χ2n) is 4.97. The fraction of sp³-hybridized carbons (Fsp3) is 0.118. The molecule has 0 saturated carbocycles. The Morgan fingerprint density at radius 2 is 1.96 bits per heavy atom. The van der Waals surface area contributed by atoms with Crippen molar-refractivity contribution in [1.29, 1.82) is 0 Å².